The molecule has 0 saturated heterocycles. The third-order valence-corrected chi connectivity index (χ3v) is 5.79. The van der Waals surface area contributed by atoms with Gasteiger partial charge in [-0.2, -0.15) is 0 Å². The monoisotopic (exact) mass is 361 g/mol. The van der Waals surface area contributed by atoms with Crippen LogP contribution in [-0.2, 0) is 9.59 Å². The van der Waals surface area contributed by atoms with Crippen molar-refractivity contribution in [3.8, 4) is 0 Å². The minimum atomic E-state index is -0.952. The Labute approximate surface area is 149 Å². The first-order valence-electron chi connectivity index (χ1n) is 8.32. The molecule has 1 heterocycles. The first-order chi connectivity index (χ1) is 12.0. The van der Waals surface area contributed by atoms with Gasteiger partial charge in [-0.1, -0.05) is 31.0 Å². The van der Waals surface area contributed by atoms with E-state index in [0.29, 0.717) is 12.8 Å². The molecule has 1 aromatic heterocycles. The molecule has 1 aliphatic carbocycles. The van der Waals surface area contributed by atoms with E-state index in [1.807, 2.05) is 17.5 Å². The van der Waals surface area contributed by atoms with Crippen molar-refractivity contribution in [2.45, 2.75) is 38.1 Å². The number of thiophene rings is 1. The summed E-state index contributed by atoms with van der Waals surface area (Å²) >= 11 is 1.50. The smallest absolute Gasteiger partial charge is 0.310 e. The van der Waals surface area contributed by atoms with E-state index >= 15 is 0 Å². The van der Waals surface area contributed by atoms with Gasteiger partial charge >= 0.3 is 5.97 Å². The van der Waals surface area contributed by atoms with Gasteiger partial charge in [0, 0.05) is 11.3 Å². The van der Waals surface area contributed by atoms with Gasteiger partial charge in [-0.15, -0.1) is 11.3 Å². The molecule has 1 saturated carbocycles. The molecule has 1 unspecified atom stereocenters. The third kappa shape index (κ3) is 3.90. The van der Waals surface area contributed by atoms with Gasteiger partial charge in [-0.25, -0.2) is 4.39 Å². The number of amides is 1. The van der Waals surface area contributed by atoms with Gasteiger partial charge in [-0.3, -0.25) is 9.59 Å². The van der Waals surface area contributed by atoms with Crippen LogP contribution in [0.1, 0.15) is 48.6 Å². The second-order valence-electron chi connectivity index (χ2n) is 6.54. The van der Waals surface area contributed by atoms with Crippen LogP contribution in [0.25, 0.3) is 0 Å². The molecule has 0 bridgehead atoms. The number of nitrogens with one attached hydrogen (secondary N) is 1. The molecule has 1 aliphatic rings. The lowest BCUT2D eigenvalue weighted by Gasteiger charge is -2.25. The zero-order valence-corrected chi connectivity index (χ0v) is 14.5. The fourth-order valence-corrected chi connectivity index (χ4v) is 4.27. The predicted molar refractivity (Wildman–Crippen MR) is 93.9 cm³/mol. The number of carbonyl (C=O) groups excluding carboxylic acids is 1. The van der Waals surface area contributed by atoms with Crippen molar-refractivity contribution in [1.29, 1.82) is 0 Å². The number of rotatable bonds is 6. The molecule has 0 radical (unpaired) electrons. The lowest BCUT2D eigenvalue weighted by Crippen LogP contribution is -2.37. The van der Waals surface area contributed by atoms with Crippen molar-refractivity contribution >= 4 is 23.2 Å². The van der Waals surface area contributed by atoms with Crippen LogP contribution in [-0.4, -0.2) is 17.0 Å². The normalized spacial score (nSPS) is 17.2. The molecule has 0 spiro atoms. The van der Waals surface area contributed by atoms with E-state index < -0.39 is 17.4 Å². The van der Waals surface area contributed by atoms with Crippen LogP contribution in [0.2, 0.25) is 0 Å². The largest absolute Gasteiger partial charge is 0.481 e. The standard InChI is InChI=1S/C19H20FNO3S/c20-14-7-5-13(6-8-14)17(15-4-3-11-25-15)21-16(22)12-19(18(23)24)9-1-2-10-19/h3-8,11,17H,1-2,9-10,12H2,(H,21,22)(H,23,24). The lowest BCUT2D eigenvalue weighted by atomic mass is 9.82. The highest BCUT2D eigenvalue weighted by Gasteiger charge is 2.43. The highest BCUT2D eigenvalue weighted by Crippen LogP contribution is 2.41. The summed E-state index contributed by atoms with van der Waals surface area (Å²) in [6.45, 7) is 0. The number of hydrogen-bond donors (Lipinski definition) is 2. The van der Waals surface area contributed by atoms with Crippen molar-refractivity contribution in [3.05, 3.63) is 58.0 Å². The summed E-state index contributed by atoms with van der Waals surface area (Å²) in [6, 6.07) is 9.39. The van der Waals surface area contributed by atoms with Crippen LogP contribution in [0.5, 0.6) is 0 Å². The Morgan fingerprint density at radius 3 is 2.44 bits per heavy atom. The number of hydrogen-bond acceptors (Lipinski definition) is 3. The maximum atomic E-state index is 13.2. The van der Waals surface area contributed by atoms with Crippen LogP contribution in [0.15, 0.2) is 41.8 Å². The molecule has 25 heavy (non-hydrogen) atoms. The zero-order chi connectivity index (χ0) is 17.9. The van der Waals surface area contributed by atoms with E-state index in [-0.39, 0.29) is 18.1 Å². The minimum Gasteiger partial charge on any atom is -0.481 e. The second kappa shape index (κ2) is 7.35. The van der Waals surface area contributed by atoms with E-state index in [2.05, 4.69) is 5.32 Å². The molecule has 6 heteroatoms. The molecule has 1 amide bonds. The Hall–Kier alpha value is -2.21. The van der Waals surface area contributed by atoms with Gasteiger partial charge < -0.3 is 10.4 Å². The molecule has 1 atom stereocenters. The van der Waals surface area contributed by atoms with Crippen LogP contribution in [0.3, 0.4) is 0 Å². The maximum Gasteiger partial charge on any atom is 0.310 e. The Morgan fingerprint density at radius 1 is 1.20 bits per heavy atom. The Kier molecular flexibility index (Phi) is 5.18. The highest BCUT2D eigenvalue weighted by atomic mass is 32.1. The fraction of sp³-hybridized carbons (Fsp3) is 0.368. The van der Waals surface area contributed by atoms with Gasteiger partial charge in [0.15, 0.2) is 0 Å². The van der Waals surface area contributed by atoms with Crippen LogP contribution >= 0.6 is 11.3 Å². The lowest BCUT2D eigenvalue weighted by molar-refractivity contribution is -0.151. The number of carboxylic acid groups (broad SMARTS) is 1. The number of carbonyl (C=O) groups is 2. The van der Waals surface area contributed by atoms with Crippen LogP contribution < -0.4 is 5.32 Å². The molecule has 0 aliphatic heterocycles. The van der Waals surface area contributed by atoms with Gasteiger partial charge in [0.1, 0.15) is 5.82 Å². The SMILES string of the molecule is O=C(CC1(C(=O)O)CCCC1)NC(c1ccc(F)cc1)c1cccs1. The van der Waals surface area contributed by atoms with Gasteiger partial charge in [0.05, 0.1) is 11.5 Å². The molecule has 132 valence electrons. The van der Waals surface area contributed by atoms with E-state index in [1.165, 1.54) is 23.5 Å². The molecule has 3 rings (SSSR count). The minimum absolute atomic E-state index is 0.0224. The van der Waals surface area contributed by atoms with Crippen LogP contribution in [0, 0.1) is 11.2 Å². The second-order valence-corrected chi connectivity index (χ2v) is 7.52. The van der Waals surface area contributed by atoms with Crippen molar-refractivity contribution in [3.63, 3.8) is 0 Å². The Bertz CT molecular complexity index is 737. The molecule has 2 aromatic rings. The van der Waals surface area contributed by atoms with Crippen molar-refractivity contribution in [1.82, 2.24) is 5.32 Å². The van der Waals surface area contributed by atoms with Crippen molar-refractivity contribution in [2.24, 2.45) is 5.41 Å². The predicted octanol–water partition coefficient (Wildman–Crippen LogP) is 4.13. The summed E-state index contributed by atoms with van der Waals surface area (Å²) in [5.74, 6) is -1.52. The average Bonchev–Trinajstić information content (AvgIpc) is 3.26. The molecule has 2 N–H and O–H groups in total. The average molecular weight is 361 g/mol. The van der Waals surface area contributed by atoms with Gasteiger partial charge in [0.25, 0.3) is 0 Å². The Morgan fingerprint density at radius 2 is 1.88 bits per heavy atom. The number of aliphatic carboxylic acids is 1. The third-order valence-electron chi connectivity index (χ3n) is 4.85. The number of halogens is 1. The molecule has 1 aromatic carbocycles. The quantitative estimate of drug-likeness (QED) is 0.813. The van der Waals surface area contributed by atoms with E-state index in [4.69, 9.17) is 0 Å². The highest BCUT2D eigenvalue weighted by molar-refractivity contribution is 7.10. The van der Waals surface area contributed by atoms with Crippen molar-refractivity contribution < 1.29 is 19.1 Å². The number of carboxylic acids is 1. The molecule has 1 fully saturated rings. The molecule has 4 nitrogen and oxygen atoms in total. The van der Waals surface area contributed by atoms with Crippen molar-refractivity contribution in [2.75, 3.05) is 0 Å². The zero-order valence-electron chi connectivity index (χ0n) is 13.7. The van der Waals surface area contributed by atoms with E-state index in [0.717, 1.165) is 23.3 Å². The summed E-state index contributed by atoms with van der Waals surface area (Å²) in [7, 11) is 0. The van der Waals surface area contributed by atoms with E-state index in [9.17, 15) is 19.1 Å². The summed E-state index contributed by atoms with van der Waals surface area (Å²) < 4.78 is 13.2. The summed E-state index contributed by atoms with van der Waals surface area (Å²) in [4.78, 5) is 25.2. The van der Waals surface area contributed by atoms with Gasteiger partial charge in [-0.05, 0) is 42.0 Å². The van der Waals surface area contributed by atoms with Gasteiger partial charge in [0.2, 0.25) is 5.91 Å². The first kappa shape index (κ1) is 17.6. The molecular weight excluding hydrogens is 341 g/mol. The first-order valence-corrected chi connectivity index (χ1v) is 9.20. The van der Waals surface area contributed by atoms with Crippen LogP contribution in [0.4, 0.5) is 4.39 Å². The maximum absolute atomic E-state index is 13.2. The number of benzene rings is 1. The summed E-state index contributed by atoms with van der Waals surface area (Å²) in [5, 5.41) is 14.4. The van der Waals surface area contributed by atoms with E-state index in [1.54, 1.807) is 12.1 Å². The summed E-state index contributed by atoms with van der Waals surface area (Å²) in [6.07, 6.45) is 2.73. The fourth-order valence-electron chi connectivity index (χ4n) is 3.47. The summed E-state index contributed by atoms with van der Waals surface area (Å²) in [5.41, 5.74) is -0.180. The molecular formula is C19H20FNO3S. The topological polar surface area (TPSA) is 66.4 Å². The Balaban J connectivity index is 1.79.